The summed E-state index contributed by atoms with van der Waals surface area (Å²) in [7, 11) is 0. The van der Waals surface area contributed by atoms with Crippen molar-refractivity contribution in [2.24, 2.45) is 11.8 Å². The van der Waals surface area contributed by atoms with E-state index in [-0.39, 0.29) is 23.2 Å². The molecular formula is C19H18F3N3O3. The lowest BCUT2D eigenvalue weighted by Gasteiger charge is -2.23. The Labute approximate surface area is 158 Å². The monoisotopic (exact) mass is 393 g/mol. The molecule has 1 saturated carbocycles. The van der Waals surface area contributed by atoms with Gasteiger partial charge in [0.2, 0.25) is 0 Å². The van der Waals surface area contributed by atoms with E-state index in [9.17, 15) is 27.9 Å². The van der Waals surface area contributed by atoms with Crippen molar-refractivity contribution in [3.8, 4) is 5.69 Å². The number of halogens is 3. The number of aromatic nitrogens is 2. The van der Waals surface area contributed by atoms with Gasteiger partial charge in [0.25, 0.3) is 5.91 Å². The average Bonchev–Trinajstić information content (AvgIpc) is 3.35. The number of rotatable bonds is 3. The second-order valence-electron chi connectivity index (χ2n) is 7.29. The van der Waals surface area contributed by atoms with Crippen molar-refractivity contribution in [3.05, 3.63) is 47.8 Å². The van der Waals surface area contributed by atoms with Crippen LogP contribution in [0.2, 0.25) is 0 Å². The molecule has 1 aliphatic carbocycles. The van der Waals surface area contributed by atoms with Crippen LogP contribution in [0, 0.1) is 11.8 Å². The Morgan fingerprint density at radius 2 is 1.96 bits per heavy atom. The third-order valence-electron chi connectivity index (χ3n) is 5.65. The van der Waals surface area contributed by atoms with E-state index in [1.165, 1.54) is 34.0 Å². The number of alkyl halides is 3. The van der Waals surface area contributed by atoms with Crippen LogP contribution in [-0.4, -0.2) is 44.3 Å². The van der Waals surface area contributed by atoms with E-state index in [1.54, 1.807) is 0 Å². The van der Waals surface area contributed by atoms with Crippen molar-refractivity contribution in [1.82, 2.24) is 14.7 Å². The second-order valence-corrected chi connectivity index (χ2v) is 7.29. The van der Waals surface area contributed by atoms with Gasteiger partial charge in [0, 0.05) is 12.7 Å². The predicted molar refractivity (Wildman–Crippen MR) is 91.9 cm³/mol. The molecule has 6 nitrogen and oxygen atoms in total. The molecule has 1 N–H and O–H groups in total. The third-order valence-corrected chi connectivity index (χ3v) is 5.65. The van der Waals surface area contributed by atoms with Crippen LogP contribution < -0.4 is 0 Å². The van der Waals surface area contributed by atoms with E-state index in [0.717, 1.165) is 31.4 Å². The van der Waals surface area contributed by atoms with Crippen LogP contribution in [-0.2, 0) is 11.0 Å². The number of hydrogen-bond acceptors (Lipinski definition) is 3. The fourth-order valence-corrected chi connectivity index (χ4v) is 4.38. The Balaban J connectivity index is 1.59. The SMILES string of the molecule is O=C(O)C1C2CCCC2CN1C(=O)c1ccn(-c2cccc(C(F)(F)F)c2)n1. The first-order valence-corrected chi connectivity index (χ1v) is 9.03. The van der Waals surface area contributed by atoms with Gasteiger partial charge in [-0.25, -0.2) is 9.48 Å². The predicted octanol–water partition coefficient (Wildman–Crippen LogP) is 3.22. The van der Waals surface area contributed by atoms with Gasteiger partial charge in [-0.3, -0.25) is 4.79 Å². The van der Waals surface area contributed by atoms with Crippen LogP contribution in [0.15, 0.2) is 36.5 Å². The number of likely N-dealkylation sites (tertiary alicyclic amines) is 1. The number of fused-ring (bicyclic) bond motifs is 1. The zero-order chi connectivity index (χ0) is 20.1. The number of nitrogens with zero attached hydrogens (tertiary/aromatic N) is 3. The van der Waals surface area contributed by atoms with Crippen molar-refractivity contribution < 1.29 is 27.9 Å². The summed E-state index contributed by atoms with van der Waals surface area (Å²) in [5.41, 5.74) is -0.628. The minimum absolute atomic E-state index is 0.0173. The minimum atomic E-state index is -4.48. The van der Waals surface area contributed by atoms with E-state index in [2.05, 4.69) is 5.10 Å². The van der Waals surface area contributed by atoms with Crippen LogP contribution >= 0.6 is 0 Å². The summed E-state index contributed by atoms with van der Waals surface area (Å²) >= 11 is 0. The van der Waals surface area contributed by atoms with Gasteiger partial charge in [0.15, 0.2) is 5.69 Å². The Bertz CT molecular complexity index is 924. The molecule has 2 aliphatic rings. The zero-order valence-electron chi connectivity index (χ0n) is 14.8. The standard InChI is InChI=1S/C19H18F3N3O3/c20-19(21,22)12-4-2-5-13(9-12)25-8-7-15(23-25)17(26)24-10-11-3-1-6-14(11)16(24)18(27)28/h2,4-5,7-9,11,14,16H,1,3,6,10H2,(H,27,28). The highest BCUT2D eigenvalue weighted by molar-refractivity contribution is 5.95. The van der Waals surface area contributed by atoms with Crippen molar-refractivity contribution in [2.45, 2.75) is 31.5 Å². The summed E-state index contributed by atoms with van der Waals surface area (Å²) in [5.74, 6) is -1.41. The lowest BCUT2D eigenvalue weighted by molar-refractivity contribution is -0.142. The summed E-state index contributed by atoms with van der Waals surface area (Å²) in [5, 5.41) is 13.7. The van der Waals surface area contributed by atoms with Crippen molar-refractivity contribution >= 4 is 11.9 Å². The Hall–Kier alpha value is -2.84. The van der Waals surface area contributed by atoms with Gasteiger partial charge in [-0.15, -0.1) is 0 Å². The normalized spacial score (nSPS) is 24.4. The maximum Gasteiger partial charge on any atom is 0.416 e. The summed E-state index contributed by atoms with van der Waals surface area (Å²) < 4.78 is 39.9. The van der Waals surface area contributed by atoms with E-state index >= 15 is 0 Å². The van der Waals surface area contributed by atoms with Gasteiger partial charge >= 0.3 is 12.1 Å². The maximum absolute atomic E-state index is 12.9. The lowest BCUT2D eigenvalue weighted by atomic mass is 9.94. The van der Waals surface area contributed by atoms with Crippen molar-refractivity contribution in [3.63, 3.8) is 0 Å². The summed E-state index contributed by atoms with van der Waals surface area (Å²) in [6.07, 6.45) is -0.439. The van der Waals surface area contributed by atoms with Crippen LogP contribution in [0.3, 0.4) is 0 Å². The largest absolute Gasteiger partial charge is 0.480 e. The van der Waals surface area contributed by atoms with Gasteiger partial charge in [-0.05, 0) is 48.9 Å². The molecule has 3 unspecified atom stereocenters. The fourth-order valence-electron chi connectivity index (χ4n) is 4.38. The molecule has 4 rings (SSSR count). The molecule has 3 atom stereocenters. The summed E-state index contributed by atoms with van der Waals surface area (Å²) in [4.78, 5) is 25.9. The molecule has 9 heteroatoms. The van der Waals surface area contributed by atoms with Crippen molar-refractivity contribution in [2.75, 3.05) is 6.54 Å². The first-order valence-electron chi connectivity index (χ1n) is 9.03. The molecule has 1 aromatic carbocycles. The molecule has 2 heterocycles. The Kier molecular flexibility index (Phi) is 4.40. The lowest BCUT2D eigenvalue weighted by Crippen LogP contribution is -2.43. The third kappa shape index (κ3) is 3.14. The molecular weight excluding hydrogens is 375 g/mol. The summed E-state index contributed by atoms with van der Waals surface area (Å²) in [6, 6.07) is 5.15. The van der Waals surface area contributed by atoms with Gasteiger partial charge < -0.3 is 10.0 Å². The topological polar surface area (TPSA) is 75.4 Å². The highest BCUT2D eigenvalue weighted by Crippen LogP contribution is 2.42. The molecule has 1 aromatic heterocycles. The number of aliphatic carboxylic acids is 1. The average molecular weight is 393 g/mol. The zero-order valence-corrected chi connectivity index (χ0v) is 14.8. The number of carbonyl (C=O) groups is 2. The number of hydrogen-bond donors (Lipinski definition) is 1. The smallest absolute Gasteiger partial charge is 0.416 e. The molecule has 0 radical (unpaired) electrons. The van der Waals surface area contributed by atoms with Crippen LogP contribution in [0.25, 0.3) is 5.69 Å². The molecule has 0 spiro atoms. The molecule has 28 heavy (non-hydrogen) atoms. The number of carbonyl (C=O) groups excluding carboxylic acids is 1. The van der Waals surface area contributed by atoms with Gasteiger partial charge in [0.05, 0.1) is 11.3 Å². The second kappa shape index (κ2) is 6.65. The van der Waals surface area contributed by atoms with Gasteiger partial charge in [0.1, 0.15) is 6.04 Å². The minimum Gasteiger partial charge on any atom is -0.480 e. The maximum atomic E-state index is 12.9. The molecule has 1 aliphatic heterocycles. The molecule has 148 valence electrons. The molecule has 2 aromatic rings. The summed E-state index contributed by atoms with van der Waals surface area (Å²) in [6.45, 7) is 0.372. The van der Waals surface area contributed by atoms with Crippen molar-refractivity contribution in [1.29, 1.82) is 0 Å². The highest BCUT2D eigenvalue weighted by Gasteiger charge is 2.49. The van der Waals surface area contributed by atoms with Crippen LogP contribution in [0.4, 0.5) is 13.2 Å². The first kappa shape index (κ1) is 18.5. The number of benzene rings is 1. The van der Waals surface area contributed by atoms with Crippen LogP contribution in [0.5, 0.6) is 0 Å². The molecule has 1 amide bonds. The van der Waals surface area contributed by atoms with E-state index in [1.807, 2.05) is 0 Å². The quantitative estimate of drug-likeness (QED) is 0.869. The Morgan fingerprint density at radius 3 is 2.68 bits per heavy atom. The van der Waals surface area contributed by atoms with Crippen LogP contribution in [0.1, 0.15) is 35.3 Å². The first-order chi connectivity index (χ1) is 13.3. The van der Waals surface area contributed by atoms with E-state index < -0.39 is 29.7 Å². The number of carboxylic acid groups (broad SMARTS) is 1. The molecule has 2 fully saturated rings. The van der Waals surface area contributed by atoms with Gasteiger partial charge in [-0.1, -0.05) is 12.5 Å². The fraction of sp³-hybridized carbons (Fsp3) is 0.421. The van der Waals surface area contributed by atoms with Gasteiger partial charge in [-0.2, -0.15) is 18.3 Å². The molecule has 0 bridgehead atoms. The molecule has 1 saturated heterocycles. The van der Waals surface area contributed by atoms with E-state index in [4.69, 9.17) is 0 Å². The van der Waals surface area contributed by atoms with E-state index in [0.29, 0.717) is 6.54 Å². The number of amides is 1. The Morgan fingerprint density at radius 1 is 1.18 bits per heavy atom. The number of carboxylic acids is 1. The highest BCUT2D eigenvalue weighted by atomic mass is 19.4.